The lowest BCUT2D eigenvalue weighted by Gasteiger charge is -2.58. The van der Waals surface area contributed by atoms with Crippen molar-refractivity contribution in [3.8, 4) is 0 Å². The predicted molar refractivity (Wildman–Crippen MR) is 106 cm³/mol. The molecule has 0 amide bonds. The van der Waals surface area contributed by atoms with Crippen molar-refractivity contribution in [3.63, 3.8) is 0 Å². The quantitative estimate of drug-likeness (QED) is 0.568. The lowest BCUT2D eigenvalue weighted by atomic mass is 9.53. The molecule has 3 heterocycles. The zero-order chi connectivity index (χ0) is 19.0. The molecule has 1 aromatic carbocycles. The van der Waals surface area contributed by atoms with Crippen LogP contribution in [-0.2, 0) is 14.9 Å². The fraction of sp³-hybridized carbons (Fsp3) is 0.571. The number of methoxy groups -OCH3 is 1. The van der Waals surface area contributed by atoms with Gasteiger partial charge in [-0.25, -0.2) is 9.18 Å². The molecule has 27 heavy (non-hydrogen) atoms. The fourth-order valence-corrected chi connectivity index (χ4v) is 7.35. The van der Waals surface area contributed by atoms with Gasteiger partial charge in [-0.05, 0) is 37.4 Å². The number of alkyl halides is 2. The number of ether oxygens (including phenoxy) is 1. The summed E-state index contributed by atoms with van der Waals surface area (Å²) in [5.41, 5.74) is 2.86. The van der Waals surface area contributed by atoms with Gasteiger partial charge in [0.15, 0.2) is 0 Å². The Balaban J connectivity index is 1.82. The van der Waals surface area contributed by atoms with Crippen LogP contribution >= 0.6 is 15.9 Å². The Morgan fingerprint density at radius 1 is 1.44 bits per heavy atom. The van der Waals surface area contributed by atoms with E-state index in [1.165, 1.54) is 12.7 Å². The van der Waals surface area contributed by atoms with Gasteiger partial charge in [0.2, 0.25) is 0 Å². The monoisotopic (exact) mass is 434 g/mol. The number of fused-ring (bicyclic) bond motifs is 1. The summed E-state index contributed by atoms with van der Waals surface area (Å²) in [7, 11) is 1.41. The van der Waals surface area contributed by atoms with Gasteiger partial charge in [-0.3, -0.25) is 4.90 Å². The Morgan fingerprint density at radius 3 is 2.96 bits per heavy atom. The van der Waals surface area contributed by atoms with E-state index in [-0.39, 0.29) is 22.3 Å². The molecular formula is C21H24BrFN2O2. The normalized spacial score (nSPS) is 39.5. The molecule has 1 spiro atoms. The van der Waals surface area contributed by atoms with Crippen LogP contribution in [0.2, 0.25) is 0 Å². The Bertz CT molecular complexity index is 858. The van der Waals surface area contributed by atoms with Gasteiger partial charge in [-0.15, -0.1) is 0 Å². The number of carbonyl (C=O) groups is 1. The van der Waals surface area contributed by atoms with Gasteiger partial charge >= 0.3 is 5.97 Å². The molecular weight excluding hydrogens is 411 g/mol. The fourth-order valence-electron chi connectivity index (χ4n) is 6.45. The second-order valence-corrected chi connectivity index (χ2v) is 9.49. The summed E-state index contributed by atoms with van der Waals surface area (Å²) in [5.74, 6) is -0.335. The highest BCUT2D eigenvalue weighted by molar-refractivity contribution is 9.09. The number of para-hydroxylation sites is 1. The number of benzene rings is 1. The number of carbonyl (C=O) groups excluding carboxylic acids is 1. The van der Waals surface area contributed by atoms with E-state index in [4.69, 9.17) is 4.74 Å². The molecule has 0 radical (unpaired) electrons. The Kier molecular flexibility index (Phi) is 3.80. The highest BCUT2D eigenvalue weighted by Crippen LogP contribution is 2.66. The van der Waals surface area contributed by atoms with Crippen molar-refractivity contribution in [1.82, 2.24) is 4.90 Å². The van der Waals surface area contributed by atoms with Gasteiger partial charge in [0.1, 0.15) is 6.17 Å². The number of halogens is 2. The summed E-state index contributed by atoms with van der Waals surface area (Å²) in [6.07, 6.45) is 0.993. The van der Waals surface area contributed by atoms with Crippen molar-refractivity contribution in [2.75, 3.05) is 25.5 Å². The number of hydrogen-bond donors (Lipinski definition) is 1. The van der Waals surface area contributed by atoms with Crippen LogP contribution in [0.5, 0.6) is 0 Å². The first-order valence-corrected chi connectivity index (χ1v) is 10.6. The van der Waals surface area contributed by atoms with Crippen molar-refractivity contribution in [2.24, 2.45) is 5.41 Å². The summed E-state index contributed by atoms with van der Waals surface area (Å²) in [4.78, 5) is 15.0. The summed E-state index contributed by atoms with van der Waals surface area (Å²) in [6, 6.07) is 8.31. The number of nitrogens with zero attached hydrogens (tertiary/aromatic N) is 1. The van der Waals surface area contributed by atoms with E-state index in [1.807, 2.05) is 12.1 Å². The first kappa shape index (κ1) is 17.7. The zero-order valence-electron chi connectivity index (χ0n) is 15.6. The van der Waals surface area contributed by atoms with Crippen molar-refractivity contribution >= 4 is 27.6 Å². The number of esters is 1. The van der Waals surface area contributed by atoms with Crippen molar-refractivity contribution in [2.45, 2.75) is 48.6 Å². The highest BCUT2D eigenvalue weighted by atomic mass is 79.9. The third kappa shape index (κ3) is 1.98. The van der Waals surface area contributed by atoms with Crippen molar-refractivity contribution in [3.05, 3.63) is 41.1 Å². The van der Waals surface area contributed by atoms with Gasteiger partial charge in [0.25, 0.3) is 0 Å². The molecule has 3 aliphatic heterocycles. The second-order valence-electron chi connectivity index (χ2n) is 8.32. The largest absolute Gasteiger partial charge is 0.466 e. The molecule has 4 aliphatic rings. The maximum Gasteiger partial charge on any atom is 0.335 e. The van der Waals surface area contributed by atoms with E-state index in [2.05, 4.69) is 45.2 Å². The number of hydrogen-bond acceptors (Lipinski definition) is 4. The van der Waals surface area contributed by atoms with Crippen LogP contribution in [0.25, 0.3) is 0 Å². The molecule has 5 rings (SSSR count). The van der Waals surface area contributed by atoms with Crippen LogP contribution < -0.4 is 5.32 Å². The average molecular weight is 435 g/mol. The lowest BCUT2D eigenvalue weighted by Crippen LogP contribution is -2.66. The van der Waals surface area contributed by atoms with Crippen LogP contribution in [0.1, 0.15) is 31.7 Å². The summed E-state index contributed by atoms with van der Waals surface area (Å²) in [5, 5.41) is 3.54. The minimum Gasteiger partial charge on any atom is -0.466 e. The lowest BCUT2D eigenvalue weighted by molar-refractivity contribution is -0.138. The maximum atomic E-state index is 15.8. The predicted octanol–water partition coefficient (Wildman–Crippen LogP) is 3.77. The molecule has 1 aromatic rings. The molecule has 5 atom stereocenters. The van der Waals surface area contributed by atoms with E-state index in [9.17, 15) is 4.79 Å². The van der Waals surface area contributed by atoms with Crippen LogP contribution in [-0.4, -0.2) is 48.1 Å². The van der Waals surface area contributed by atoms with Gasteiger partial charge in [-0.1, -0.05) is 41.1 Å². The summed E-state index contributed by atoms with van der Waals surface area (Å²) < 4.78 is 21.0. The van der Waals surface area contributed by atoms with Gasteiger partial charge < -0.3 is 10.1 Å². The van der Waals surface area contributed by atoms with E-state index in [1.54, 1.807) is 0 Å². The van der Waals surface area contributed by atoms with Gasteiger partial charge in [-0.2, -0.15) is 0 Å². The Labute approximate surface area is 167 Å². The van der Waals surface area contributed by atoms with E-state index in [0.717, 1.165) is 24.4 Å². The molecule has 0 aromatic heterocycles. The molecule has 2 fully saturated rings. The first-order chi connectivity index (χ1) is 13.0. The third-order valence-corrected chi connectivity index (χ3v) is 8.21. The highest BCUT2D eigenvalue weighted by Gasteiger charge is 2.69. The average Bonchev–Trinajstić information content (AvgIpc) is 3.24. The molecule has 0 unspecified atom stereocenters. The second kappa shape index (κ2) is 5.80. The van der Waals surface area contributed by atoms with E-state index in [0.29, 0.717) is 25.0 Å². The van der Waals surface area contributed by atoms with Crippen LogP contribution in [0, 0.1) is 5.41 Å². The molecule has 1 aliphatic carbocycles. The first-order valence-electron chi connectivity index (χ1n) is 9.70. The number of anilines is 1. The van der Waals surface area contributed by atoms with E-state index >= 15 is 4.39 Å². The number of rotatable bonds is 2. The van der Waals surface area contributed by atoms with Crippen LogP contribution in [0.15, 0.2) is 35.5 Å². The van der Waals surface area contributed by atoms with Crippen LogP contribution in [0.3, 0.4) is 0 Å². The maximum absolute atomic E-state index is 15.8. The molecule has 6 heteroatoms. The third-order valence-electron chi connectivity index (χ3n) is 7.46. The smallest absolute Gasteiger partial charge is 0.335 e. The minimum absolute atomic E-state index is 0.0540. The molecule has 0 saturated carbocycles. The Morgan fingerprint density at radius 2 is 2.22 bits per heavy atom. The summed E-state index contributed by atoms with van der Waals surface area (Å²) in [6.45, 7) is 3.68. The topological polar surface area (TPSA) is 41.6 Å². The van der Waals surface area contributed by atoms with E-state index < -0.39 is 11.6 Å². The number of piperidine rings is 1. The molecule has 0 bridgehead atoms. The van der Waals surface area contributed by atoms with Gasteiger partial charge in [0.05, 0.1) is 22.9 Å². The van der Waals surface area contributed by atoms with Crippen LogP contribution in [0.4, 0.5) is 10.1 Å². The Hall–Kier alpha value is -1.40. The molecule has 1 N–H and O–H groups in total. The number of nitrogens with one attached hydrogen (secondary N) is 1. The van der Waals surface area contributed by atoms with Crippen molar-refractivity contribution in [1.29, 1.82) is 0 Å². The standard InChI is InChI=1S/C21H24BrFN2O2/c1-3-20-10-12(18(26)27-2)17-21(13-6-4-5-7-15(13)24-17)8-9-25(19(20)21)11-14(22)16(20)23/h4-7,14,16,19,24H,3,8-11H2,1-2H3/t14-,16-,19+,20-,21+/m1/s1. The SMILES string of the molecule is CC[C@@]12CC(C(=O)OC)=C3Nc4ccccc4[C@@]34CCN(C[C@@H](Br)[C@H]1F)[C@@H]24. The zero-order valence-corrected chi connectivity index (χ0v) is 17.2. The minimum atomic E-state index is -1.01. The molecule has 4 nitrogen and oxygen atoms in total. The summed E-state index contributed by atoms with van der Waals surface area (Å²) >= 11 is 3.60. The van der Waals surface area contributed by atoms with Gasteiger partial charge in [0, 0.05) is 29.4 Å². The molecule has 144 valence electrons. The molecule has 2 saturated heterocycles. The van der Waals surface area contributed by atoms with Crippen molar-refractivity contribution < 1.29 is 13.9 Å².